The summed E-state index contributed by atoms with van der Waals surface area (Å²) in [6, 6.07) is 0. The number of aliphatic carboxylic acids is 1. The normalized spacial score (nSPS) is 13.3. The molecule has 0 aliphatic carbocycles. The maximum Gasteiger partial charge on any atom is 0.309 e. The van der Waals surface area contributed by atoms with Crippen molar-refractivity contribution in [2.24, 2.45) is 11.7 Å². The minimum absolute atomic E-state index is 0.0897. The first kappa shape index (κ1) is 17.6. The number of aromatic nitrogens is 3. The van der Waals surface area contributed by atoms with Gasteiger partial charge in [0.25, 0.3) is 0 Å². The van der Waals surface area contributed by atoms with Crippen LogP contribution in [-0.4, -0.2) is 44.8 Å². The van der Waals surface area contributed by atoms with Gasteiger partial charge < -0.3 is 15.6 Å². The van der Waals surface area contributed by atoms with E-state index in [-0.39, 0.29) is 12.0 Å². The van der Waals surface area contributed by atoms with Crippen LogP contribution < -0.4 is 5.73 Å². The lowest BCUT2D eigenvalue weighted by Gasteiger charge is -2.19. The first-order valence-corrected chi connectivity index (χ1v) is 7.23. The minimum Gasteiger partial charge on any atom is -0.481 e. The molecule has 3 N–H and O–H groups in total. The fourth-order valence-electron chi connectivity index (χ4n) is 1.74. The molecule has 0 aliphatic rings. The van der Waals surface area contributed by atoms with Crippen molar-refractivity contribution in [2.75, 3.05) is 13.2 Å². The highest BCUT2D eigenvalue weighted by Gasteiger charge is 2.11. The number of aryl methyl sites for hydroxylation is 1. The molecule has 1 unspecified atom stereocenters. The Bertz CT molecular complexity index is 440. The summed E-state index contributed by atoms with van der Waals surface area (Å²) < 4.78 is 7.29. The van der Waals surface area contributed by atoms with E-state index in [2.05, 4.69) is 17.2 Å². The molecule has 7 nitrogen and oxygen atoms in total. The zero-order valence-corrected chi connectivity index (χ0v) is 13.1. The van der Waals surface area contributed by atoms with E-state index in [9.17, 15) is 4.79 Å². The van der Waals surface area contributed by atoms with E-state index < -0.39 is 5.97 Å². The maximum absolute atomic E-state index is 10.6. The lowest BCUT2D eigenvalue weighted by molar-refractivity contribution is -0.136. The van der Waals surface area contributed by atoms with Gasteiger partial charge in [0.1, 0.15) is 0 Å². The summed E-state index contributed by atoms with van der Waals surface area (Å²) in [4.78, 5) is 10.6. The van der Waals surface area contributed by atoms with Crippen molar-refractivity contribution in [2.45, 2.75) is 52.1 Å². The minimum atomic E-state index is -0.897. The van der Waals surface area contributed by atoms with E-state index in [1.165, 1.54) is 0 Å². The van der Waals surface area contributed by atoms with Crippen LogP contribution >= 0.6 is 0 Å². The molecular formula is C14H26N4O3. The number of nitrogens with zero attached hydrogens (tertiary/aromatic N) is 3. The first-order valence-electron chi connectivity index (χ1n) is 7.23. The monoisotopic (exact) mass is 298 g/mol. The largest absolute Gasteiger partial charge is 0.481 e. The van der Waals surface area contributed by atoms with Gasteiger partial charge in [-0.25, -0.2) is 0 Å². The third-order valence-corrected chi connectivity index (χ3v) is 3.06. The fraction of sp³-hybridized carbons (Fsp3) is 0.786. The highest BCUT2D eigenvalue weighted by Crippen LogP contribution is 2.08. The number of hydrogen-bond acceptors (Lipinski definition) is 5. The van der Waals surface area contributed by atoms with Crippen molar-refractivity contribution >= 4 is 5.97 Å². The predicted molar refractivity (Wildman–Crippen MR) is 78.8 cm³/mol. The summed E-state index contributed by atoms with van der Waals surface area (Å²) in [6.07, 6.45) is 3.33. The van der Waals surface area contributed by atoms with Crippen LogP contribution in [0.15, 0.2) is 6.20 Å². The molecule has 120 valence electrons. The molecule has 0 aromatic carbocycles. The summed E-state index contributed by atoms with van der Waals surface area (Å²) in [5.74, 6) is -0.496. The highest BCUT2D eigenvalue weighted by atomic mass is 16.5. The third kappa shape index (κ3) is 8.41. The number of hydrogen-bond donors (Lipinski definition) is 2. The molecule has 0 aliphatic heterocycles. The highest BCUT2D eigenvalue weighted by molar-refractivity contribution is 5.69. The van der Waals surface area contributed by atoms with Gasteiger partial charge in [-0.2, -0.15) is 0 Å². The maximum atomic E-state index is 10.6. The van der Waals surface area contributed by atoms with Gasteiger partial charge in [-0.1, -0.05) is 12.1 Å². The van der Waals surface area contributed by atoms with Crippen LogP contribution in [0.1, 0.15) is 39.3 Å². The molecule has 0 fully saturated rings. The number of carbonyl (C=O) groups is 1. The second kappa shape index (κ2) is 8.09. The van der Waals surface area contributed by atoms with E-state index in [0.717, 1.165) is 12.8 Å². The van der Waals surface area contributed by atoms with E-state index in [1.807, 2.05) is 13.8 Å². The summed E-state index contributed by atoms with van der Waals surface area (Å²) in [5.41, 5.74) is 6.18. The molecule has 1 aromatic heterocycles. The van der Waals surface area contributed by atoms with Crippen LogP contribution in [0.5, 0.6) is 0 Å². The van der Waals surface area contributed by atoms with Crippen molar-refractivity contribution in [1.82, 2.24) is 15.0 Å². The van der Waals surface area contributed by atoms with E-state index in [4.69, 9.17) is 15.6 Å². The summed E-state index contributed by atoms with van der Waals surface area (Å²) in [7, 11) is 0. The molecule has 0 bridgehead atoms. The zero-order chi connectivity index (χ0) is 15.9. The SMILES string of the molecule is CC(CCn1cc(CC(=O)O)nn1)COCCC(C)(C)N. The molecule has 7 heteroatoms. The zero-order valence-electron chi connectivity index (χ0n) is 13.1. The molecule has 1 atom stereocenters. The van der Waals surface area contributed by atoms with Crippen LogP contribution in [0.2, 0.25) is 0 Å². The van der Waals surface area contributed by atoms with Crippen molar-refractivity contribution in [1.29, 1.82) is 0 Å². The summed E-state index contributed by atoms with van der Waals surface area (Å²) >= 11 is 0. The molecular weight excluding hydrogens is 272 g/mol. The molecule has 0 saturated heterocycles. The van der Waals surface area contributed by atoms with Gasteiger partial charge in [0.2, 0.25) is 0 Å². The van der Waals surface area contributed by atoms with Crippen LogP contribution in [-0.2, 0) is 22.5 Å². The first-order chi connectivity index (χ1) is 9.76. The smallest absolute Gasteiger partial charge is 0.309 e. The van der Waals surface area contributed by atoms with Gasteiger partial charge >= 0.3 is 5.97 Å². The Balaban J connectivity index is 2.19. The topological polar surface area (TPSA) is 103 Å². The Kier molecular flexibility index (Phi) is 6.77. The summed E-state index contributed by atoms with van der Waals surface area (Å²) in [6.45, 7) is 8.15. The molecule has 0 radical (unpaired) electrons. The average Bonchev–Trinajstić information content (AvgIpc) is 2.78. The summed E-state index contributed by atoms with van der Waals surface area (Å²) in [5, 5.41) is 16.4. The van der Waals surface area contributed by atoms with Crippen molar-refractivity contribution in [3.8, 4) is 0 Å². The van der Waals surface area contributed by atoms with Gasteiger partial charge in [0.15, 0.2) is 0 Å². The van der Waals surface area contributed by atoms with Crippen LogP contribution in [0.4, 0.5) is 0 Å². The third-order valence-electron chi connectivity index (χ3n) is 3.06. The van der Waals surface area contributed by atoms with Crippen LogP contribution in [0, 0.1) is 5.92 Å². The van der Waals surface area contributed by atoms with Crippen molar-refractivity contribution in [3.05, 3.63) is 11.9 Å². The molecule has 0 amide bonds. The number of carboxylic acids is 1. The van der Waals surface area contributed by atoms with Gasteiger partial charge in [-0.05, 0) is 32.6 Å². The van der Waals surface area contributed by atoms with Crippen LogP contribution in [0.3, 0.4) is 0 Å². The number of ether oxygens (including phenoxy) is 1. The Morgan fingerprint density at radius 2 is 2.29 bits per heavy atom. The van der Waals surface area contributed by atoms with Gasteiger partial charge in [-0.3, -0.25) is 9.48 Å². The molecule has 1 heterocycles. The molecule has 21 heavy (non-hydrogen) atoms. The van der Waals surface area contributed by atoms with Crippen LogP contribution in [0.25, 0.3) is 0 Å². The Morgan fingerprint density at radius 3 is 2.90 bits per heavy atom. The average molecular weight is 298 g/mol. The fourth-order valence-corrected chi connectivity index (χ4v) is 1.74. The van der Waals surface area contributed by atoms with Crippen molar-refractivity contribution < 1.29 is 14.6 Å². The number of nitrogens with two attached hydrogens (primary N) is 1. The Hall–Kier alpha value is -1.47. The second-order valence-corrected chi connectivity index (χ2v) is 6.25. The number of carboxylic acid groups (broad SMARTS) is 1. The number of rotatable bonds is 10. The van der Waals surface area contributed by atoms with Gasteiger partial charge in [0, 0.05) is 31.5 Å². The van der Waals surface area contributed by atoms with E-state index in [0.29, 0.717) is 31.4 Å². The standard InChI is InChI=1S/C14H26N4O3/c1-11(10-21-7-5-14(2,3)15)4-6-18-9-12(16-17-18)8-13(19)20/h9,11H,4-8,10,15H2,1-3H3,(H,19,20). The second-order valence-electron chi connectivity index (χ2n) is 6.25. The van der Waals surface area contributed by atoms with Crippen molar-refractivity contribution in [3.63, 3.8) is 0 Å². The molecule has 0 saturated carbocycles. The van der Waals surface area contributed by atoms with Gasteiger partial charge in [-0.15, -0.1) is 5.10 Å². The molecule has 1 aromatic rings. The molecule has 1 rings (SSSR count). The Labute approximate surface area is 125 Å². The Morgan fingerprint density at radius 1 is 1.57 bits per heavy atom. The van der Waals surface area contributed by atoms with E-state index >= 15 is 0 Å². The lowest BCUT2D eigenvalue weighted by atomic mass is 10.0. The van der Waals surface area contributed by atoms with E-state index in [1.54, 1.807) is 10.9 Å². The quantitative estimate of drug-likeness (QED) is 0.626. The molecule has 0 spiro atoms. The lowest BCUT2D eigenvalue weighted by Crippen LogP contribution is -2.33. The predicted octanol–water partition coefficient (Wildman–Crippen LogP) is 1.08. The van der Waals surface area contributed by atoms with Gasteiger partial charge in [0.05, 0.1) is 12.1 Å².